The summed E-state index contributed by atoms with van der Waals surface area (Å²) in [6.45, 7) is 18.9. The van der Waals surface area contributed by atoms with Crippen LogP contribution in [0, 0.1) is 162 Å². The molecule has 0 amide bonds. The second kappa shape index (κ2) is 27.1. The predicted octanol–water partition coefficient (Wildman–Crippen LogP) is 12.8. The summed E-state index contributed by atoms with van der Waals surface area (Å²) in [6, 6.07) is 0. The molecular weight excluding hydrogens is 1230 g/mol. The molecule has 0 heterocycles. The van der Waals surface area contributed by atoms with Crippen molar-refractivity contribution in [3.05, 3.63) is 0 Å². The lowest BCUT2D eigenvalue weighted by molar-refractivity contribution is -0.163. The molecule has 98 heavy (non-hydrogen) atoms. The molecule has 0 unspecified atom stereocenters. The van der Waals surface area contributed by atoms with Gasteiger partial charge in [-0.2, -0.15) is 0 Å². The lowest BCUT2D eigenvalue weighted by Gasteiger charge is -2.60. The van der Waals surface area contributed by atoms with Crippen molar-refractivity contribution in [3.8, 4) is 0 Å². The van der Waals surface area contributed by atoms with Crippen molar-refractivity contribution >= 4 is 40.5 Å². The van der Waals surface area contributed by atoms with Crippen LogP contribution < -0.4 is 0 Å². The molecular formula is C84H130O14. The summed E-state index contributed by atoms with van der Waals surface area (Å²) >= 11 is 0. The molecule has 550 valence electrons. The summed E-state index contributed by atoms with van der Waals surface area (Å²) in [6.07, 6.45) is 31.6. The zero-order valence-electron chi connectivity index (χ0n) is 61.8. The quantitative estimate of drug-likeness (QED) is 0.125. The van der Waals surface area contributed by atoms with Gasteiger partial charge in [0.1, 0.15) is 43.0 Å². The Balaban J connectivity index is 0.000000118. The predicted molar refractivity (Wildman–Crippen MR) is 373 cm³/mol. The molecule has 0 saturated heterocycles. The average molecular weight is 1360 g/mol. The van der Waals surface area contributed by atoms with Crippen molar-refractivity contribution < 1.29 is 69.3 Å². The van der Waals surface area contributed by atoms with Gasteiger partial charge in [0.15, 0.2) is 17.3 Å². The van der Waals surface area contributed by atoms with Gasteiger partial charge in [0, 0.05) is 60.7 Å². The van der Waals surface area contributed by atoms with E-state index in [0.29, 0.717) is 107 Å². The largest absolute Gasteiger partial charge is 0.393 e. The molecule has 14 heteroatoms. The van der Waals surface area contributed by atoms with Crippen molar-refractivity contribution in [1.29, 1.82) is 0 Å². The molecule has 16 saturated carbocycles. The molecule has 16 fully saturated rings. The number of Topliss-reactive ketones (excluding diaryl/α,β-unsaturated/α-hetero) is 7. The van der Waals surface area contributed by atoms with Gasteiger partial charge in [0.25, 0.3) is 0 Å². The minimum atomic E-state index is -0.396. The van der Waals surface area contributed by atoms with Crippen LogP contribution in [0.1, 0.15) is 274 Å². The Morgan fingerprint density at radius 3 is 0.888 bits per heavy atom. The summed E-state index contributed by atoms with van der Waals surface area (Å²) in [4.78, 5) is 89.0. The molecule has 16 aliphatic rings. The standard InChI is InChI=1S/2C21H32O4.C21H32O3.C21H34O3/c2*1-20-8-7-13(23)9-12(20)3-4-14-15-5-6-16(18(25)11-22)21(15,2)10-17(24)19(14)20;1-12(22)16-6-7-17-15-5-4-13-10-14(23)8-9-20(13,2)19(15)18(24)11-21(16,17)3;1-20-9-7-14(23)11-13(20)3-4-15-16-5-6-18(19(24)12-22)21(16,2)10-8-17(15)20/h2*12-16,19,22-23H,3-11H2,1-2H3;13-17,19,23H,4-11H2,1-3H3;13-18,22-23H,3-12H2,1-2H3/t2*12-,13+,14-,15-,16+,19+,20-,21-;13-,14+,15-,16+,17-,19+,20-,21+;13-,14-,15+,16+,17+,18-,20+,21+/m0001/s1. The summed E-state index contributed by atoms with van der Waals surface area (Å²) in [5.74, 6) is 8.61. The van der Waals surface area contributed by atoms with Gasteiger partial charge in [-0.1, -0.05) is 55.4 Å². The molecule has 16 rings (SSSR count). The number of ketones is 7. The molecule has 0 radical (unpaired) electrons. The van der Waals surface area contributed by atoms with E-state index in [-0.39, 0.29) is 133 Å². The molecule has 16 aliphatic carbocycles. The van der Waals surface area contributed by atoms with E-state index in [0.717, 1.165) is 172 Å². The van der Waals surface area contributed by atoms with Crippen LogP contribution in [0.15, 0.2) is 0 Å². The SMILES string of the molecule is CC(=O)[C@H]1CC[C@H]2[C@@H]3CC[C@H]4C[C@H](O)CC[C@]4(C)[C@H]3C(=O)C[C@]12C.C[C@]12CC[C@@H](O)C[C@@H]1CC[C@H]1[C@@H]3CC[C@H](C(=O)CO)[C@@]3(C)CC(=O)[C@@H]12.C[C@]12CC[C@@H](O)C[C@@H]1CC[C@H]1[C@@H]3CC[C@H](C(=O)CO)[C@@]3(C)CC(=O)[C@@H]12.C[C@]12CC[C@@H](O)C[C@H]1CC[C@@H]1[C@@H]2CC[C@]2(C)[C@@H](C(=O)CO)CC[C@@H]12. The first kappa shape index (κ1) is 73.7. The normalized spacial score (nSPS) is 53.0. The van der Waals surface area contributed by atoms with Gasteiger partial charge in [-0.05, 0) is 320 Å². The van der Waals surface area contributed by atoms with Crippen LogP contribution in [-0.2, 0) is 33.6 Å². The molecule has 14 nitrogen and oxygen atoms in total. The Hall–Kier alpha value is -2.59. The average Bonchev–Trinajstić information content (AvgIpc) is 1.59. The summed E-state index contributed by atoms with van der Waals surface area (Å²) in [7, 11) is 0. The number of rotatable bonds is 7. The van der Waals surface area contributed by atoms with Gasteiger partial charge >= 0.3 is 0 Å². The fourth-order valence-corrected chi connectivity index (χ4v) is 31.0. The number of hydrogen-bond acceptors (Lipinski definition) is 14. The topological polar surface area (TPSA) is 261 Å². The highest BCUT2D eigenvalue weighted by Gasteiger charge is 2.69. The van der Waals surface area contributed by atoms with Gasteiger partial charge in [-0.15, -0.1) is 0 Å². The van der Waals surface area contributed by atoms with Gasteiger partial charge in [0.05, 0.1) is 24.4 Å². The van der Waals surface area contributed by atoms with Gasteiger partial charge < -0.3 is 35.7 Å². The van der Waals surface area contributed by atoms with Crippen LogP contribution >= 0.6 is 0 Å². The maximum absolute atomic E-state index is 13.3. The smallest absolute Gasteiger partial charge is 0.161 e. The molecule has 0 aromatic rings. The Kier molecular flexibility index (Phi) is 20.4. The first-order valence-electron chi connectivity index (χ1n) is 40.5. The molecule has 7 N–H and O–H groups in total. The fraction of sp³-hybridized carbons (Fsp3) is 0.917. The van der Waals surface area contributed by atoms with E-state index in [9.17, 15) is 69.3 Å². The Morgan fingerprint density at radius 1 is 0.306 bits per heavy atom. The van der Waals surface area contributed by atoms with E-state index in [1.54, 1.807) is 6.92 Å². The molecule has 0 aliphatic heterocycles. The van der Waals surface area contributed by atoms with E-state index in [4.69, 9.17) is 0 Å². The maximum atomic E-state index is 13.3. The number of aliphatic hydroxyl groups is 7. The van der Waals surface area contributed by atoms with Gasteiger partial charge in [-0.25, -0.2) is 0 Å². The van der Waals surface area contributed by atoms with Crippen molar-refractivity contribution in [2.24, 2.45) is 162 Å². The number of hydrogen-bond donors (Lipinski definition) is 7. The van der Waals surface area contributed by atoms with Crippen LogP contribution in [0.25, 0.3) is 0 Å². The minimum Gasteiger partial charge on any atom is -0.393 e. The minimum absolute atomic E-state index is 0.0274. The molecule has 0 spiro atoms. The number of aliphatic hydroxyl groups excluding tert-OH is 7. The third kappa shape index (κ3) is 11.8. The highest BCUT2D eigenvalue weighted by Crippen LogP contribution is 2.72. The van der Waals surface area contributed by atoms with E-state index in [1.165, 1.54) is 32.1 Å². The van der Waals surface area contributed by atoms with Crippen LogP contribution in [0.5, 0.6) is 0 Å². The maximum Gasteiger partial charge on any atom is 0.161 e. The number of carbonyl (C=O) groups excluding carboxylic acids is 7. The van der Waals surface area contributed by atoms with E-state index in [1.807, 2.05) is 0 Å². The highest BCUT2D eigenvalue weighted by atomic mass is 16.3. The van der Waals surface area contributed by atoms with Crippen molar-refractivity contribution in [2.45, 2.75) is 299 Å². The van der Waals surface area contributed by atoms with Crippen LogP contribution in [-0.4, -0.2) is 120 Å². The lowest BCUT2D eigenvalue weighted by atomic mass is 9.44. The van der Waals surface area contributed by atoms with E-state index >= 15 is 0 Å². The Morgan fingerprint density at radius 2 is 0.561 bits per heavy atom. The van der Waals surface area contributed by atoms with Crippen molar-refractivity contribution in [2.75, 3.05) is 19.8 Å². The number of fused-ring (bicyclic) bond motifs is 20. The van der Waals surface area contributed by atoms with Crippen molar-refractivity contribution in [1.82, 2.24) is 0 Å². The zero-order valence-corrected chi connectivity index (χ0v) is 61.8. The Bertz CT molecular complexity index is 2950. The molecule has 0 bridgehead atoms. The molecule has 32 atom stereocenters. The highest BCUT2D eigenvalue weighted by molar-refractivity contribution is 5.90. The van der Waals surface area contributed by atoms with Crippen LogP contribution in [0.4, 0.5) is 0 Å². The third-order valence-corrected chi connectivity index (χ3v) is 35.7. The summed E-state index contributed by atoms with van der Waals surface area (Å²) < 4.78 is 0. The second-order valence-electron chi connectivity index (χ2n) is 39.4. The van der Waals surface area contributed by atoms with E-state index in [2.05, 4.69) is 55.4 Å². The second-order valence-corrected chi connectivity index (χ2v) is 39.4. The Labute approximate surface area is 587 Å². The van der Waals surface area contributed by atoms with E-state index < -0.39 is 13.2 Å². The van der Waals surface area contributed by atoms with Gasteiger partial charge in [-0.3, -0.25) is 33.6 Å². The molecule has 0 aromatic heterocycles. The van der Waals surface area contributed by atoms with Crippen molar-refractivity contribution in [3.63, 3.8) is 0 Å². The fourth-order valence-electron chi connectivity index (χ4n) is 31.0. The summed E-state index contributed by atoms with van der Waals surface area (Å²) in [5.41, 5.74) is 0.0569. The zero-order chi connectivity index (χ0) is 70.4. The van der Waals surface area contributed by atoms with Crippen LogP contribution in [0.2, 0.25) is 0 Å². The van der Waals surface area contributed by atoms with Crippen LogP contribution in [0.3, 0.4) is 0 Å². The summed E-state index contributed by atoms with van der Waals surface area (Å²) in [5, 5.41) is 68.5. The van der Waals surface area contributed by atoms with Gasteiger partial charge in [0.2, 0.25) is 0 Å². The first-order valence-corrected chi connectivity index (χ1v) is 40.5. The number of carbonyl (C=O) groups is 7. The lowest BCUT2D eigenvalue weighted by Crippen LogP contribution is -2.58. The monoisotopic (exact) mass is 1360 g/mol. The first-order chi connectivity index (χ1) is 46.3. The molecule has 0 aromatic carbocycles. The third-order valence-electron chi connectivity index (χ3n) is 35.7.